The molecule has 5 aromatic rings. The Morgan fingerprint density at radius 1 is 0.849 bits per heavy atom. The van der Waals surface area contributed by atoms with Crippen LogP contribution in [0.2, 0.25) is 0 Å². The standard InChI is InChI=1S/C44H43N3O6/c1-28-40(43(2,3)52)37(25-38(49)45(23-24-48)26-29-11-5-4-6-12-29)53-44(28)34-16-7-8-17-35(34)46(42(44)51)27-30-19-21-32(22-20-30)47-36-18-10-14-31-13-9-15-33(39(31)36)41(47)50/h4-22,28,37,40,48,52H,23-27H2,1-3H3/t28-,37+,40-,44+/m0/s1. The maximum Gasteiger partial charge on any atom is 0.264 e. The first-order chi connectivity index (χ1) is 25.5. The molecule has 2 N–H and O–H groups in total. The Kier molecular flexibility index (Phi) is 8.68. The van der Waals surface area contributed by atoms with Crippen LogP contribution in [0.4, 0.5) is 17.1 Å². The van der Waals surface area contributed by atoms with Gasteiger partial charge in [0.1, 0.15) is 0 Å². The minimum Gasteiger partial charge on any atom is -0.395 e. The second-order valence-corrected chi connectivity index (χ2v) is 15.0. The van der Waals surface area contributed by atoms with Crippen molar-refractivity contribution in [1.29, 1.82) is 0 Å². The number of hydrogen-bond donors (Lipinski definition) is 2. The van der Waals surface area contributed by atoms with Gasteiger partial charge in [0.15, 0.2) is 5.60 Å². The maximum atomic E-state index is 14.9. The van der Waals surface area contributed by atoms with Crippen molar-refractivity contribution in [2.75, 3.05) is 23.0 Å². The highest BCUT2D eigenvalue weighted by Gasteiger charge is 2.66. The predicted molar refractivity (Wildman–Crippen MR) is 204 cm³/mol. The third kappa shape index (κ3) is 5.71. The number of benzene rings is 5. The van der Waals surface area contributed by atoms with Crippen molar-refractivity contribution in [1.82, 2.24) is 4.90 Å². The number of hydrogen-bond acceptors (Lipinski definition) is 6. The van der Waals surface area contributed by atoms with Gasteiger partial charge in [-0.25, -0.2) is 0 Å². The summed E-state index contributed by atoms with van der Waals surface area (Å²) < 4.78 is 6.87. The lowest BCUT2D eigenvalue weighted by atomic mass is 9.71. The predicted octanol–water partition coefficient (Wildman–Crippen LogP) is 6.71. The van der Waals surface area contributed by atoms with Crippen LogP contribution in [0, 0.1) is 11.8 Å². The van der Waals surface area contributed by atoms with Gasteiger partial charge in [-0.1, -0.05) is 91.9 Å². The fourth-order valence-corrected chi connectivity index (χ4v) is 9.01. The summed E-state index contributed by atoms with van der Waals surface area (Å²) in [6.45, 7) is 5.88. The largest absolute Gasteiger partial charge is 0.395 e. The van der Waals surface area contributed by atoms with Crippen molar-refractivity contribution in [2.24, 2.45) is 11.8 Å². The van der Waals surface area contributed by atoms with Crippen LogP contribution in [0.5, 0.6) is 0 Å². The molecule has 5 aromatic carbocycles. The Labute approximate surface area is 309 Å². The number of carbonyl (C=O) groups is 3. The lowest BCUT2D eigenvalue weighted by Crippen LogP contribution is -2.46. The summed E-state index contributed by atoms with van der Waals surface area (Å²) in [5, 5.41) is 23.4. The van der Waals surface area contributed by atoms with Gasteiger partial charge in [0.2, 0.25) is 5.91 Å². The van der Waals surface area contributed by atoms with Crippen molar-refractivity contribution < 1.29 is 29.3 Å². The van der Waals surface area contributed by atoms with Crippen LogP contribution in [0.15, 0.2) is 115 Å². The number of nitrogens with zero attached hydrogens (tertiary/aromatic N) is 3. The maximum absolute atomic E-state index is 14.9. The molecular formula is C44H43N3O6. The Bertz CT molecular complexity index is 2210. The zero-order valence-corrected chi connectivity index (χ0v) is 30.1. The van der Waals surface area contributed by atoms with Gasteiger partial charge in [0, 0.05) is 41.6 Å². The molecule has 0 aliphatic carbocycles. The highest BCUT2D eigenvalue weighted by Crippen LogP contribution is 2.58. The molecule has 1 fully saturated rings. The van der Waals surface area contributed by atoms with E-state index >= 15 is 0 Å². The zero-order chi connectivity index (χ0) is 37.1. The van der Waals surface area contributed by atoms with E-state index < -0.39 is 29.1 Å². The summed E-state index contributed by atoms with van der Waals surface area (Å²) in [7, 11) is 0. The van der Waals surface area contributed by atoms with Gasteiger partial charge < -0.3 is 24.7 Å². The molecule has 0 unspecified atom stereocenters. The molecule has 53 heavy (non-hydrogen) atoms. The minimum atomic E-state index is -1.42. The van der Waals surface area contributed by atoms with Crippen molar-refractivity contribution in [3.05, 3.63) is 138 Å². The van der Waals surface area contributed by atoms with E-state index in [0.29, 0.717) is 17.7 Å². The molecule has 8 rings (SSSR count). The highest BCUT2D eigenvalue weighted by molar-refractivity contribution is 6.27. The van der Waals surface area contributed by atoms with E-state index in [4.69, 9.17) is 4.74 Å². The molecule has 9 heteroatoms. The number of carbonyl (C=O) groups excluding carboxylic acids is 3. The topological polar surface area (TPSA) is 111 Å². The van der Waals surface area contributed by atoms with Crippen LogP contribution in [0.1, 0.15) is 54.2 Å². The summed E-state index contributed by atoms with van der Waals surface area (Å²) in [4.78, 5) is 47.4. The number of aliphatic hydroxyl groups is 2. The molecular weight excluding hydrogens is 666 g/mol. The molecule has 270 valence electrons. The molecule has 3 amide bonds. The van der Waals surface area contributed by atoms with Crippen molar-refractivity contribution >= 4 is 45.6 Å². The van der Waals surface area contributed by atoms with E-state index in [1.165, 1.54) is 0 Å². The zero-order valence-electron chi connectivity index (χ0n) is 30.1. The second kappa shape index (κ2) is 13.3. The van der Waals surface area contributed by atoms with E-state index in [1.54, 1.807) is 28.5 Å². The smallest absolute Gasteiger partial charge is 0.264 e. The quantitative estimate of drug-likeness (QED) is 0.167. The van der Waals surface area contributed by atoms with Crippen molar-refractivity contribution in [3.8, 4) is 0 Å². The van der Waals surface area contributed by atoms with Crippen LogP contribution in [-0.4, -0.2) is 57.7 Å². The molecule has 4 atom stereocenters. The molecule has 0 aromatic heterocycles. The van der Waals surface area contributed by atoms with Gasteiger partial charge in [0.05, 0.1) is 48.2 Å². The lowest BCUT2D eigenvalue weighted by molar-refractivity contribution is -0.150. The Hall–Kier alpha value is -5.35. The molecule has 3 aliphatic heterocycles. The summed E-state index contributed by atoms with van der Waals surface area (Å²) in [5.41, 5.74) is 2.81. The van der Waals surface area contributed by atoms with Crippen LogP contribution >= 0.6 is 0 Å². The van der Waals surface area contributed by atoms with Gasteiger partial charge >= 0.3 is 0 Å². The molecule has 1 spiro atoms. The van der Waals surface area contributed by atoms with E-state index in [0.717, 1.165) is 39.0 Å². The Morgan fingerprint density at radius 2 is 1.53 bits per heavy atom. The first kappa shape index (κ1) is 34.7. The molecule has 0 radical (unpaired) electrons. The molecule has 9 nitrogen and oxygen atoms in total. The Balaban J connectivity index is 1.07. The van der Waals surface area contributed by atoms with Gasteiger partial charge in [-0.05, 0) is 60.7 Å². The van der Waals surface area contributed by atoms with Crippen LogP contribution in [0.25, 0.3) is 10.8 Å². The monoisotopic (exact) mass is 709 g/mol. The SMILES string of the molecule is C[C@H]1[C@H](C(C)(C)O)[C@@H](CC(=O)N(CCO)Cc2ccccc2)O[C@]12C(=O)N(Cc1ccc(N3C(=O)c4cccc5cccc3c45)cc1)c1ccccc12. The fraction of sp³-hybridized carbons (Fsp3) is 0.295. The summed E-state index contributed by atoms with van der Waals surface area (Å²) in [5.74, 6) is -1.57. The van der Waals surface area contributed by atoms with Crippen molar-refractivity contribution in [2.45, 2.75) is 57.6 Å². The lowest BCUT2D eigenvalue weighted by Gasteiger charge is -2.34. The van der Waals surface area contributed by atoms with Gasteiger partial charge in [0.25, 0.3) is 11.8 Å². The number of rotatable bonds is 10. The van der Waals surface area contributed by atoms with Gasteiger partial charge in [-0.15, -0.1) is 0 Å². The van der Waals surface area contributed by atoms with E-state index in [9.17, 15) is 24.6 Å². The normalized spacial score (nSPS) is 21.9. The van der Waals surface area contributed by atoms with E-state index in [1.807, 2.05) is 122 Å². The number of aliphatic hydroxyl groups excluding tert-OH is 1. The minimum absolute atomic E-state index is 0.0582. The third-order valence-corrected chi connectivity index (χ3v) is 11.3. The number of amides is 3. The molecule has 3 aliphatic rings. The number of para-hydroxylation sites is 1. The van der Waals surface area contributed by atoms with E-state index in [2.05, 4.69) is 0 Å². The summed E-state index contributed by atoms with van der Waals surface area (Å²) >= 11 is 0. The highest BCUT2D eigenvalue weighted by atomic mass is 16.5. The van der Waals surface area contributed by atoms with Crippen LogP contribution in [0.3, 0.4) is 0 Å². The summed E-state index contributed by atoms with van der Waals surface area (Å²) in [6.07, 6.45) is -0.825. The van der Waals surface area contributed by atoms with Crippen molar-refractivity contribution in [3.63, 3.8) is 0 Å². The molecule has 0 bridgehead atoms. The van der Waals surface area contributed by atoms with Gasteiger partial charge in [-0.2, -0.15) is 0 Å². The number of fused-ring (bicyclic) bond motifs is 2. The average Bonchev–Trinajstić information content (AvgIpc) is 3.70. The van der Waals surface area contributed by atoms with Crippen LogP contribution in [-0.2, 0) is 33.0 Å². The second-order valence-electron chi connectivity index (χ2n) is 15.0. The Morgan fingerprint density at radius 3 is 2.25 bits per heavy atom. The molecule has 0 saturated carbocycles. The first-order valence-corrected chi connectivity index (χ1v) is 18.2. The number of anilines is 3. The van der Waals surface area contributed by atoms with E-state index in [-0.39, 0.29) is 43.8 Å². The average molecular weight is 710 g/mol. The number of ether oxygens (including phenoxy) is 1. The first-order valence-electron chi connectivity index (χ1n) is 18.2. The van der Waals surface area contributed by atoms with Gasteiger partial charge in [-0.3, -0.25) is 19.3 Å². The summed E-state index contributed by atoms with van der Waals surface area (Å²) in [6, 6.07) is 36.6. The molecule has 3 heterocycles. The third-order valence-electron chi connectivity index (χ3n) is 11.3. The van der Waals surface area contributed by atoms with Crippen LogP contribution < -0.4 is 9.80 Å². The fourth-order valence-electron chi connectivity index (χ4n) is 9.01. The molecule has 1 saturated heterocycles.